The van der Waals surface area contributed by atoms with Crippen molar-refractivity contribution in [3.63, 3.8) is 0 Å². The molecule has 1 unspecified atom stereocenters. The molecule has 1 rings (SSSR count). The van der Waals surface area contributed by atoms with Crippen molar-refractivity contribution in [3.05, 3.63) is 16.1 Å². The zero-order chi connectivity index (χ0) is 12.3. The van der Waals surface area contributed by atoms with Crippen LogP contribution in [0.15, 0.2) is 5.38 Å². The van der Waals surface area contributed by atoms with E-state index in [1.165, 1.54) is 0 Å². The largest absolute Gasteiger partial charge is 0.300 e. The molecule has 0 saturated carbocycles. The quantitative estimate of drug-likeness (QED) is 0.803. The van der Waals surface area contributed by atoms with Crippen molar-refractivity contribution in [3.8, 4) is 0 Å². The summed E-state index contributed by atoms with van der Waals surface area (Å²) >= 11 is 1.71. The first-order chi connectivity index (χ1) is 7.29. The van der Waals surface area contributed by atoms with Gasteiger partial charge in [-0.3, -0.25) is 0 Å². The molecule has 0 saturated heterocycles. The zero-order valence-corrected chi connectivity index (χ0v) is 11.6. The molecule has 0 bridgehead atoms. The Kier molecular flexibility index (Phi) is 4.25. The number of Topliss-reactive ketones (excluding diaryl/α,β-unsaturated/α-hetero) is 1. The first-order valence-corrected chi connectivity index (χ1v) is 6.61. The summed E-state index contributed by atoms with van der Waals surface area (Å²) in [5, 5.41) is 3.29. The first kappa shape index (κ1) is 13.4. The molecule has 1 aromatic heterocycles. The smallest absolute Gasteiger partial charge is 0.130 e. The van der Waals surface area contributed by atoms with Crippen LogP contribution in [-0.4, -0.2) is 10.8 Å². The first-order valence-electron chi connectivity index (χ1n) is 5.73. The van der Waals surface area contributed by atoms with Gasteiger partial charge in [-0.15, -0.1) is 11.3 Å². The van der Waals surface area contributed by atoms with E-state index in [1.54, 1.807) is 18.3 Å². The van der Waals surface area contributed by atoms with Crippen LogP contribution in [0.5, 0.6) is 0 Å². The van der Waals surface area contributed by atoms with Gasteiger partial charge in [-0.25, -0.2) is 4.98 Å². The third-order valence-electron chi connectivity index (χ3n) is 2.48. The molecule has 1 atom stereocenters. The van der Waals surface area contributed by atoms with Crippen molar-refractivity contribution < 1.29 is 4.79 Å². The van der Waals surface area contributed by atoms with E-state index in [1.807, 2.05) is 0 Å². The minimum atomic E-state index is 0.124. The highest BCUT2D eigenvalue weighted by Crippen LogP contribution is 2.25. The minimum absolute atomic E-state index is 0.124. The minimum Gasteiger partial charge on any atom is -0.300 e. The van der Waals surface area contributed by atoms with Crippen molar-refractivity contribution in [2.45, 2.75) is 52.9 Å². The molecule has 0 fully saturated rings. The van der Waals surface area contributed by atoms with E-state index < -0.39 is 0 Å². The van der Waals surface area contributed by atoms with Gasteiger partial charge in [0, 0.05) is 23.6 Å². The average Bonchev–Trinajstić information content (AvgIpc) is 2.49. The van der Waals surface area contributed by atoms with E-state index in [0.717, 1.165) is 17.1 Å². The number of ketones is 1. The van der Waals surface area contributed by atoms with E-state index in [4.69, 9.17) is 0 Å². The number of aromatic nitrogens is 1. The van der Waals surface area contributed by atoms with Crippen LogP contribution < -0.4 is 0 Å². The fourth-order valence-electron chi connectivity index (χ4n) is 1.61. The van der Waals surface area contributed by atoms with E-state index >= 15 is 0 Å². The van der Waals surface area contributed by atoms with Crippen molar-refractivity contribution in [2.75, 3.05) is 0 Å². The third kappa shape index (κ3) is 4.05. The molecule has 1 aromatic rings. The summed E-state index contributed by atoms with van der Waals surface area (Å²) in [6.45, 7) is 10.3. The van der Waals surface area contributed by atoms with Gasteiger partial charge in [0.2, 0.25) is 0 Å². The van der Waals surface area contributed by atoms with Gasteiger partial charge < -0.3 is 4.79 Å². The molecule has 0 aliphatic heterocycles. The second-order valence-corrected chi connectivity index (χ2v) is 6.53. The van der Waals surface area contributed by atoms with Crippen LogP contribution in [0.25, 0.3) is 0 Å². The summed E-state index contributed by atoms with van der Waals surface area (Å²) < 4.78 is 0. The van der Waals surface area contributed by atoms with E-state index in [-0.39, 0.29) is 11.2 Å². The van der Waals surface area contributed by atoms with Crippen LogP contribution >= 0.6 is 11.3 Å². The van der Waals surface area contributed by atoms with Crippen molar-refractivity contribution in [2.24, 2.45) is 5.92 Å². The number of carbonyl (C=O) groups excluding carboxylic acids is 1. The summed E-state index contributed by atoms with van der Waals surface area (Å²) in [5.74, 6) is 0.663. The molecule has 90 valence electrons. The molecular formula is C13H21NOS. The van der Waals surface area contributed by atoms with Gasteiger partial charge in [-0.05, 0) is 12.8 Å². The Bertz CT molecular complexity index is 362. The molecule has 0 aliphatic rings. The van der Waals surface area contributed by atoms with Gasteiger partial charge in [0.25, 0.3) is 0 Å². The predicted octanol–water partition coefficient (Wildman–Crippen LogP) is 3.60. The highest BCUT2D eigenvalue weighted by Gasteiger charge is 2.18. The molecular weight excluding hydrogens is 218 g/mol. The number of thiazole rings is 1. The van der Waals surface area contributed by atoms with Crippen LogP contribution in [0.4, 0.5) is 0 Å². The maximum absolute atomic E-state index is 11.0. The molecule has 0 amide bonds. The molecule has 16 heavy (non-hydrogen) atoms. The molecule has 0 spiro atoms. The summed E-state index contributed by atoms with van der Waals surface area (Å²) in [7, 11) is 0. The highest BCUT2D eigenvalue weighted by molar-refractivity contribution is 7.09. The Balaban J connectivity index is 2.62. The third-order valence-corrected chi connectivity index (χ3v) is 3.35. The SMILES string of the molecule is CC(=O)CC(C)Cc1nc(C(C)(C)C)cs1. The molecule has 0 aliphatic carbocycles. The van der Waals surface area contributed by atoms with Gasteiger partial charge in [-0.1, -0.05) is 27.7 Å². The normalized spacial score (nSPS) is 13.8. The molecule has 2 nitrogen and oxygen atoms in total. The number of hydrogen-bond donors (Lipinski definition) is 0. The summed E-state index contributed by atoms with van der Waals surface area (Å²) in [6, 6.07) is 0. The van der Waals surface area contributed by atoms with Gasteiger partial charge in [-0.2, -0.15) is 0 Å². The van der Waals surface area contributed by atoms with E-state index in [9.17, 15) is 4.79 Å². The summed E-state index contributed by atoms with van der Waals surface area (Å²) in [4.78, 5) is 15.6. The van der Waals surface area contributed by atoms with Crippen LogP contribution in [-0.2, 0) is 16.6 Å². The Morgan fingerprint density at radius 3 is 2.56 bits per heavy atom. The fraction of sp³-hybridized carbons (Fsp3) is 0.692. The molecule has 0 N–H and O–H groups in total. The Morgan fingerprint density at radius 2 is 2.12 bits per heavy atom. The monoisotopic (exact) mass is 239 g/mol. The zero-order valence-electron chi connectivity index (χ0n) is 10.8. The lowest BCUT2D eigenvalue weighted by molar-refractivity contribution is -0.117. The van der Waals surface area contributed by atoms with Crippen LogP contribution in [0.1, 0.15) is 51.7 Å². The van der Waals surface area contributed by atoms with Gasteiger partial charge in [0.15, 0.2) is 0 Å². The highest BCUT2D eigenvalue weighted by atomic mass is 32.1. The van der Waals surface area contributed by atoms with Gasteiger partial charge in [0.05, 0.1) is 10.7 Å². The predicted molar refractivity (Wildman–Crippen MR) is 69.0 cm³/mol. The maximum atomic E-state index is 11.0. The molecule has 3 heteroatoms. The lowest BCUT2D eigenvalue weighted by Crippen LogP contribution is -2.12. The number of hydrogen-bond acceptors (Lipinski definition) is 3. The molecule has 0 aromatic carbocycles. The Morgan fingerprint density at radius 1 is 1.50 bits per heavy atom. The number of carbonyl (C=O) groups is 1. The van der Waals surface area contributed by atoms with Crippen molar-refractivity contribution in [1.29, 1.82) is 0 Å². The second kappa shape index (κ2) is 5.09. The molecule has 1 heterocycles. The van der Waals surface area contributed by atoms with Gasteiger partial charge in [0.1, 0.15) is 5.78 Å². The lowest BCUT2D eigenvalue weighted by Gasteiger charge is -2.14. The van der Waals surface area contributed by atoms with Crippen LogP contribution in [0.2, 0.25) is 0 Å². The second-order valence-electron chi connectivity index (χ2n) is 5.59. The van der Waals surface area contributed by atoms with Crippen molar-refractivity contribution in [1.82, 2.24) is 4.98 Å². The van der Waals surface area contributed by atoms with Crippen LogP contribution in [0, 0.1) is 5.92 Å². The number of rotatable bonds is 4. The maximum Gasteiger partial charge on any atom is 0.130 e. The fourth-order valence-corrected chi connectivity index (χ4v) is 2.80. The Labute approximate surface area is 102 Å². The average molecular weight is 239 g/mol. The van der Waals surface area contributed by atoms with E-state index in [0.29, 0.717) is 12.3 Å². The van der Waals surface area contributed by atoms with E-state index in [2.05, 4.69) is 38.1 Å². The number of nitrogens with zero attached hydrogens (tertiary/aromatic N) is 1. The Hall–Kier alpha value is -0.700. The van der Waals surface area contributed by atoms with Crippen LogP contribution in [0.3, 0.4) is 0 Å². The summed E-state index contributed by atoms with van der Waals surface area (Å²) in [5.41, 5.74) is 1.28. The standard InChI is InChI=1S/C13H21NOS/c1-9(6-10(2)15)7-12-14-11(8-16-12)13(3,4)5/h8-9H,6-7H2,1-5H3. The lowest BCUT2D eigenvalue weighted by atomic mass is 9.93. The molecule has 0 radical (unpaired) electrons. The van der Waals surface area contributed by atoms with Gasteiger partial charge >= 0.3 is 0 Å². The summed E-state index contributed by atoms with van der Waals surface area (Å²) in [6.07, 6.45) is 1.57. The topological polar surface area (TPSA) is 30.0 Å². The van der Waals surface area contributed by atoms with Crippen molar-refractivity contribution >= 4 is 17.1 Å².